The summed E-state index contributed by atoms with van der Waals surface area (Å²) in [7, 11) is 1.36. The molecule has 2 aliphatic rings. The van der Waals surface area contributed by atoms with Crippen LogP contribution in [0.15, 0.2) is 18.2 Å². The van der Waals surface area contributed by atoms with Gasteiger partial charge in [-0.1, -0.05) is 6.07 Å². The Morgan fingerprint density at radius 3 is 3.00 bits per heavy atom. The number of ether oxygens (including phenoxy) is 1. The van der Waals surface area contributed by atoms with E-state index < -0.39 is 5.97 Å². The fourth-order valence-corrected chi connectivity index (χ4v) is 4.02. The lowest BCUT2D eigenvalue weighted by molar-refractivity contribution is 0.0603. The highest BCUT2D eigenvalue weighted by Crippen LogP contribution is 2.45. The highest BCUT2D eigenvalue weighted by Gasteiger charge is 2.47. The average molecular weight is 298 g/mol. The van der Waals surface area contributed by atoms with Crippen LogP contribution in [-0.4, -0.2) is 41.8 Å². The minimum absolute atomic E-state index is 0.0805. The van der Waals surface area contributed by atoms with Crippen LogP contribution >= 0.6 is 0 Å². The number of carbonyl (C=O) groups is 2. The average Bonchev–Trinajstić information content (AvgIpc) is 3.08. The number of aromatic amines is 1. The molecule has 2 aromatic rings. The molecule has 2 aliphatic heterocycles. The van der Waals surface area contributed by atoms with Crippen molar-refractivity contribution in [3.8, 4) is 0 Å². The largest absolute Gasteiger partial charge is 0.465 e. The molecule has 1 N–H and O–H groups in total. The Bertz CT molecular complexity index is 808. The number of esters is 1. The highest BCUT2D eigenvalue weighted by atomic mass is 16.5. The van der Waals surface area contributed by atoms with Crippen molar-refractivity contribution in [1.82, 2.24) is 9.88 Å². The number of benzene rings is 1. The van der Waals surface area contributed by atoms with Gasteiger partial charge in [0.1, 0.15) is 0 Å². The van der Waals surface area contributed by atoms with Crippen molar-refractivity contribution in [2.45, 2.75) is 25.3 Å². The van der Waals surface area contributed by atoms with Gasteiger partial charge in [-0.25, -0.2) is 4.79 Å². The molecule has 0 amide bonds. The van der Waals surface area contributed by atoms with Crippen LogP contribution in [0.5, 0.6) is 0 Å². The number of nitrogens with one attached hydrogen (secondary N) is 1. The standard InChI is InChI=1S/C17H18N2O3/c1-17-7-4-8-19(17)9-12(20)14-13-10(16(21)22-2)5-3-6-11(13)18-15(14)17/h3,5-6,18H,4,7-9H2,1-2H3. The van der Waals surface area contributed by atoms with Crippen LogP contribution < -0.4 is 0 Å². The molecule has 0 saturated carbocycles. The Kier molecular flexibility index (Phi) is 2.72. The molecule has 5 nitrogen and oxygen atoms in total. The fraction of sp³-hybridized carbons (Fsp3) is 0.412. The van der Waals surface area contributed by atoms with Gasteiger partial charge >= 0.3 is 5.97 Å². The summed E-state index contributed by atoms with van der Waals surface area (Å²) in [5, 5.41) is 0.710. The van der Waals surface area contributed by atoms with Crippen molar-refractivity contribution in [2.24, 2.45) is 0 Å². The van der Waals surface area contributed by atoms with Crippen LogP contribution in [0.1, 0.15) is 46.2 Å². The molecule has 1 aromatic heterocycles. The van der Waals surface area contributed by atoms with Crippen molar-refractivity contribution < 1.29 is 14.3 Å². The lowest BCUT2D eigenvalue weighted by Gasteiger charge is -2.38. The number of hydrogen-bond donors (Lipinski definition) is 1. The maximum atomic E-state index is 12.7. The quantitative estimate of drug-likeness (QED) is 0.822. The molecule has 1 atom stereocenters. The summed E-state index contributed by atoms with van der Waals surface area (Å²) in [6, 6.07) is 5.45. The van der Waals surface area contributed by atoms with Crippen LogP contribution in [0.2, 0.25) is 0 Å². The van der Waals surface area contributed by atoms with Crippen molar-refractivity contribution in [2.75, 3.05) is 20.2 Å². The lowest BCUT2D eigenvalue weighted by Crippen LogP contribution is -2.46. The summed E-state index contributed by atoms with van der Waals surface area (Å²) in [4.78, 5) is 30.4. The van der Waals surface area contributed by atoms with E-state index in [4.69, 9.17) is 4.74 Å². The van der Waals surface area contributed by atoms with Gasteiger partial charge in [0.05, 0.1) is 30.3 Å². The predicted octanol–water partition coefficient (Wildman–Crippen LogP) is 2.46. The van der Waals surface area contributed by atoms with Crippen LogP contribution in [0.4, 0.5) is 0 Å². The molecule has 0 bridgehead atoms. The molecule has 1 fully saturated rings. The summed E-state index contributed by atoms with van der Waals surface area (Å²) in [5.41, 5.74) is 2.77. The molecule has 1 aromatic carbocycles. The zero-order valence-corrected chi connectivity index (χ0v) is 12.7. The summed E-state index contributed by atoms with van der Waals surface area (Å²) in [6.45, 7) is 3.55. The molecular formula is C17H18N2O3. The topological polar surface area (TPSA) is 62.4 Å². The van der Waals surface area contributed by atoms with Gasteiger partial charge in [-0.3, -0.25) is 9.69 Å². The number of nitrogens with zero attached hydrogens (tertiary/aromatic N) is 1. The number of carbonyl (C=O) groups excluding carboxylic acids is 2. The van der Waals surface area contributed by atoms with Gasteiger partial charge in [-0.05, 0) is 38.4 Å². The first-order valence-electron chi connectivity index (χ1n) is 7.58. The third-order valence-electron chi connectivity index (χ3n) is 5.17. The normalized spacial score (nSPS) is 24.4. The van der Waals surface area contributed by atoms with Gasteiger partial charge in [0.2, 0.25) is 0 Å². The molecule has 114 valence electrons. The minimum atomic E-state index is -0.404. The molecule has 0 spiro atoms. The molecule has 0 radical (unpaired) electrons. The van der Waals surface area contributed by atoms with E-state index in [9.17, 15) is 9.59 Å². The molecule has 5 heteroatoms. The van der Waals surface area contributed by atoms with E-state index in [0.717, 1.165) is 30.6 Å². The van der Waals surface area contributed by atoms with Crippen molar-refractivity contribution in [1.29, 1.82) is 0 Å². The molecule has 0 aliphatic carbocycles. The highest BCUT2D eigenvalue weighted by molar-refractivity contribution is 6.17. The Labute approximate surface area is 128 Å². The number of ketones is 1. The van der Waals surface area contributed by atoms with Gasteiger partial charge < -0.3 is 9.72 Å². The number of methoxy groups -OCH3 is 1. The molecule has 22 heavy (non-hydrogen) atoms. The smallest absolute Gasteiger partial charge is 0.338 e. The molecule has 1 saturated heterocycles. The predicted molar refractivity (Wildman–Crippen MR) is 82.1 cm³/mol. The summed E-state index contributed by atoms with van der Waals surface area (Å²) < 4.78 is 4.88. The molecule has 1 unspecified atom stereocenters. The van der Waals surface area contributed by atoms with E-state index >= 15 is 0 Å². The zero-order valence-electron chi connectivity index (χ0n) is 12.7. The summed E-state index contributed by atoms with van der Waals surface area (Å²) >= 11 is 0. The second-order valence-corrected chi connectivity index (χ2v) is 6.32. The van der Waals surface area contributed by atoms with Gasteiger partial charge in [0.15, 0.2) is 5.78 Å². The molecule has 4 rings (SSSR count). The second-order valence-electron chi connectivity index (χ2n) is 6.32. The van der Waals surface area contributed by atoms with Gasteiger partial charge in [-0.2, -0.15) is 0 Å². The second kappa shape index (κ2) is 4.43. The van der Waals surface area contributed by atoms with E-state index in [-0.39, 0.29) is 11.3 Å². The number of fused-ring (bicyclic) bond motifs is 5. The van der Waals surface area contributed by atoms with E-state index in [2.05, 4.69) is 16.8 Å². The maximum absolute atomic E-state index is 12.7. The third kappa shape index (κ3) is 1.57. The Hall–Kier alpha value is -2.14. The number of Topliss-reactive ketones (excluding diaryl/α,β-unsaturated/α-hetero) is 1. The number of rotatable bonds is 1. The first-order chi connectivity index (χ1) is 10.6. The van der Waals surface area contributed by atoms with E-state index in [1.165, 1.54) is 7.11 Å². The van der Waals surface area contributed by atoms with Crippen molar-refractivity contribution >= 4 is 22.7 Å². The van der Waals surface area contributed by atoms with Crippen molar-refractivity contribution in [3.05, 3.63) is 35.0 Å². The van der Waals surface area contributed by atoms with Gasteiger partial charge in [0.25, 0.3) is 0 Å². The Morgan fingerprint density at radius 1 is 1.41 bits per heavy atom. The first-order valence-corrected chi connectivity index (χ1v) is 7.58. The fourth-order valence-electron chi connectivity index (χ4n) is 4.02. The Morgan fingerprint density at radius 2 is 2.23 bits per heavy atom. The van der Waals surface area contributed by atoms with E-state index in [1.54, 1.807) is 6.07 Å². The zero-order chi connectivity index (χ0) is 15.5. The SMILES string of the molecule is COC(=O)c1cccc2[nH]c3c(c12)C(=O)CN1CCCC31C. The van der Waals surface area contributed by atoms with E-state index in [0.29, 0.717) is 23.1 Å². The van der Waals surface area contributed by atoms with Crippen LogP contribution in [0, 0.1) is 0 Å². The van der Waals surface area contributed by atoms with Crippen LogP contribution in [0.3, 0.4) is 0 Å². The first kappa shape index (κ1) is 13.5. The van der Waals surface area contributed by atoms with Gasteiger partial charge in [-0.15, -0.1) is 0 Å². The number of H-pyrrole nitrogens is 1. The maximum Gasteiger partial charge on any atom is 0.338 e. The Balaban J connectivity index is 2.06. The van der Waals surface area contributed by atoms with Crippen LogP contribution in [0.25, 0.3) is 10.9 Å². The third-order valence-corrected chi connectivity index (χ3v) is 5.17. The summed E-state index contributed by atoms with van der Waals surface area (Å²) in [5.74, 6) is -0.323. The minimum Gasteiger partial charge on any atom is -0.465 e. The van der Waals surface area contributed by atoms with Crippen LogP contribution in [-0.2, 0) is 10.3 Å². The van der Waals surface area contributed by atoms with Gasteiger partial charge in [0, 0.05) is 16.6 Å². The lowest BCUT2D eigenvalue weighted by atomic mass is 9.85. The molecule has 3 heterocycles. The number of aromatic nitrogens is 1. The van der Waals surface area contributed by atoms with E-state index in [1.807, 2.05) is 12.1 Å². The summed E-state index contributed by atoms with van der Waals surface area (Å²) in [6.07, 6.45) is 2.11. The number of hydrogen-bond acceptors (Lipinski definition) is 4. The van der Waals surface area contributed by atoms with Crippen molar-refractivity contribution in [3.63, 3.8) is 0 Å². The monoisotopic (exact) mass is 298 g/mol. The molecular weight excluding hydrogens is 280 g/mol.